The largest absolute Gasteiger partial charge is 0.459 e. The number of aryl methyl sites for hydroxylation is 3. The average molecular weight is 229 g/mol. The van der Waals surface area contributed by atoms with Gasteiger partial charge < -0.3 is 9.73 Å². The number of benzene rings is 1. The molecule has 1 N–H and O–H groups in total. The second kappa shape index (κ2) is 4.45. The Balaban J connectivity index is 2.24. The molecule has 2 rings (SSSR count). The van der Waals surface area contributed by atoms with Crippen LogP contribution in [-0.2, 0) is 0 Å². The van der Waals surface area contributed by atoms with E-state index in [1.807, 2.05) is 39.0 Å². The first-order chi connectivity index (χ1) is 8.08. The Bertz CT molecular complexity index is 555. The minimum atomic E-state index is -0.207. The van der Waals surface area contributed by atoms with Crippen LogP contribution in [0.3, 0.4) is 0 Å². The summed E-state index contributed by atoms with van der Waals surface area (Å²) in [6.45, 7) is 5.80. The van der Waals surface area contributed by atoms with Crippen molar-refractivity contribution in [3.05, 3.63) is 53.0 Å². The second-order valence-electron chi connectivity index (χ2n) is 4.21. The monoisotopic (exact) mass is 229 g/mol. The molecular weight excluding hydrogens is 214 g/mol. The van der Waals surface area contributed by atoms with E-state index in [0.29, 0.717) is 5.76 Å². The Kier molecular flexibility index (Phi) is 3.00. The fourth-order valence-electron chi connectivity index (χ4n) is 1.65. The molecule has 0 atom stereocenters. The molecule has 0 fully saturated rings. The van der Waals surface area contributed by atoms with Gasteiger partial charge in [0.1, 0.15) is 0 Å². The highest BCUT2D eigenvalue weighted by molar-refractivity contribution is 6.03. The lowest BCUT2D eigenvalue weighted by Gasteiger charge is -2.08. The number of anilines is 1. The van der Waals surface area contributed by atoms with Crippen molar-refractivity contribution in [1.82, 2.24) is 0 Å². The second-order valence-corrected chi connectivity index (χ2v) is 4.21. The molecule has 17 heavy (non-hydrogen) atoms. The van der Waals surface area contributed by atoms with Gasteiger partial charge in [0.15, 0.2) is 5.76 Å². The predicted molar refractivity (Wildman–Crippen MR) is 67.3 cm³/mol. The molecule has 3 nitrogen and oxygen atoms in total. The molecule has 0 radical (unpaired) electrons. The molecule has 0 saturated carbocycles. The molecule has 0 saturated heterocycles. The lowest BCUT2D eigenvalue weighted by Crippen LogP contribution is -2.13. The van der Waals surface area contributed by atoms with E-state index < -0.39 is 0 Å². The standard InChI is InChI=1S/C14H15NO2/c1-9-4-5-10(2)12(8-9)15-14(16)13-11(3)6-7-17-13/h4-8H,1-3H3,(H,15,16). The van der Waals surface area contributed by atoms with Crippen molar-refractivity contribution in [2.45, 2.75) is 20.8 Å². The van der Waals surface area contributed by atoms with Crippen LogP contribution in [0, 0.1) is 20.8 Å². The average Bonchev–Trinajstić information content (AvgIpc) is 2.70. The van der Waals surface area contributed by atoms with Crippen LogP contribution in [0.15, 0.2) is 34.9 Å². The van der Waals surface area contributed by atoms with Crippen molar-refractivity contribution in [2.75, 3.05) is 5.32 Å². The first kappa shape index (κ1) is 11.5. The highest BCUT2D eigenvalue weighted by Gasteiger charge is 2.13. The Morgan fingerprint density at radius 2 is 1.88 bits per heavy atom. The summed E-state index contributed by atoms with van der Waals surface area (Å²) in [6.07, 6.45) is 1.52. The maximum absolute atomic E-state index is 12.0. The van der Waals surface area contributed by atoms with Gasteiger partial charge in [-0.25, -0.2) is 0 Å². The van der Waals surface area contributed by atoms with Crippen molar-refractivity contribution >= 4 is 11.6 Å². The molecule has 88 valence electrons. The van der Waals surface area contributed by atoms with Crippen LogP contribution in [0.5, 0.6) is 0 Å². The van der Waals surface area contributed by atoms with Gasteiger partial charge in [-0.05, 0) is 44.0 Å². The lowest BCUT2D eigenvalue weighted by atomic mass is 10.1. The van der Waals surface area contributed by atoms with Gasteiger partial charge in [0, 0.05) is 11.3 Å². The molecule has 2 aromatic rings. The predicted octanol–water partition coefficient (Wildman–Crippen LogP) is 3.46. The molecule has 0 spiro atoms. The summed E-state index contributed by atoms with van der Waals surface area (Å²) in [6, 6.07) is 7.73. The Morgan fingerprint density at radius 1 is 1.12 bits per heavy atom. The maximum Gasteiger partial charge on any atom is 0.291 e. The fraction of sp³-hybridized carbons (Fsp3) is 0.214. The van der Waals surface area contributed by atoms with Crippen molar-refractivity contribution in [3.63, 3.8) is 0 Å². The van der Waals surface area contributed by atoms with Gasteiger partial charge in [-0.3, -0.25) is 4.79 Å². The summed E-state index contributed by atoms with van der Waals surface area (Å²) in [5, 5.41) is 2.86. The minimum absolute atomic E-state index is 0.207. The molecule has 1 heterocycles. The van der Waals surface area contributed by atoms with Crippen LogP contribution >= 0.6 is 0 Å². The van der Waals surface area contributed by atoms with Crippen LogP contribution in [-0.4, -0.2) is 5.91 Å². The Hall–Kier alpha value is -2.03. The van der Waals surface area contributed by atoms with E-state index >= 15 is 0 Å². The van der Waals surface area contributed by atoms with Crippen LogP contribution in [0.1, 0.15) is 27.2 Å². The van der Waals surface area contributed by atoms with Crippen LogP contribution in [0.4, 0.5) is 5.69 Å². The van der Waals surface area contributed by atoms with E-state index in [1.54, 1.807) is 6.07 Å². The van der Waals surface area contributed by atoms with Crippen LogP contribution in [0.2, 0.25) is 0 Å². The van der Waals surface area contributed by atoms with Gasteiger partial charge in [0.2, 0.25) is 0 Å². The molecule has 0 aliphatic carbocycles. The molecule has 1 aromatic carbocycles. The van der Waals surface area contributed by atoms with E-state index in [9.17, 15) is 4.79 Å². The topological polar surface area (TPSA) is 42.2 Å². The van der Waals surface area contributed by atoms with E-state index in [4.69, 9.17) is 4.42 Å². The number of furan rings is 1. The van der Waals surface area contributed by atoms with Crippen molar-refractivity contribution in [2.24, 2.45) is 0 Å². The van der Waals surface area contributed by atoms with Crippen molar-refractivity contribution in [3.8, 4) is 0 Å². The van der Waals surface area contributed by atoms with Crippen molar-refractivity contribution < 1.29 is 9.21 Å². The molecule has 0 bridgehead atoms. The first-order valence-corrected chi connectivity index (χ1v) is 5.50. The highest BCUT2D eigenvalue weighted by Crippen LogP contribution is 2.18. The summed E-state index contributed by atoms with van der Waals surface area (Å²) in [7, 11) is 0. The summed E-state index contributed by atoms with van der Waals surface area (Å²) >= 11 is 0. The summed E-state index contributed by atoms with van der Waals surface area (Å²) in [5.41, 5.74) is 3.81. The zero-order valence-electron chi connectivity index (χ0n) is 10.2. The zero-order valence-corrected chi connectivity index (χ0v) is 10.2. The number of hydrogen-bond donors (Lipinski definition) is 1. The van der Waals surface area contributed by atoms with Crippen molar-refractivity contribution in [1.29, 1.82) is 0 Å². The van der Waals surface area contributed by atoms with E-state index in [1.165, 1.54) is 6.26 Å². The van der Waals surface area contributed by atoms with Gasteiger partial charge in [0.05, 0.1) is 6.26 Å². The van der Waals surface area contributed by atoms with E-state index in [0.717, 1.165) is 22.4 Å². The quantitative estimate of drug-likeness (QED) is 0.856. The van der Waals surface area contributed by atoms with Gasteiger partial charge in [-0.15, -0.1) is 0 Å². The van der Waals surface area contributed by atoms with Crippen LogP contribution < -0.4 is 5.32 Å². The third kappa shape index (κ3) is 2.38. The number of nitrogens with one attached hydrogen (secondary N) is 1. The van der Waals surface area contributed by atoms with Gasteiger partial charge >= 0.3 is 0 Å². The minimum Gasteiger partial charge on any atom is -0.459 e. The maximum atomic E-state index is 12.0. The summed E-state index contributed by atoms with van der Waals surface area (Å²) in [4.78, 5) is 12.0. The Morgan fingerprint density at radius 3 is 2.53 bits per heavy atom. The molecule has 3 heteroatoms. The normalized spacial score (nSPS) is 10.3. The molecule has 0 aliphatic rings. The molecule has 0 aliphatic heterocycles. The molecule has 0 unspecified atom stereocenters. The first-order valence-electron chi connectivity index (χ1n) is 5.50. The SMILES string of the molecule is Cc1ccc(C)c(NC(=O)c2occc2C)c1. The number of carbonyl (C=O) groups is 1. The third-order valence-electron chi connectivity index (χ3n) is 2.71. The van der Waals surface area contributed by atoms with Crippen LogP contribution in [0.25, 0.3) is 0 Å². The number of rotatable bonds is 2. The number of carbonyl (C=O) groups excluding carboxylic acids is 1. The number of hydrogen-bond acceptors (Lipinski definition) is 2. The number of amides is 1. The van der Waals surface area contributed by atoms with Gasteiger partial charge in [-0.2, -0.15) is 0 Å². The Labute approximate surface area is 100 Å². The van der Waals surface area contributed by atoms with E-state index in [2.05, 4.69) is 5.32 Å². The molecular formula is C14H15NO2. The lowest BCUT2D eigenvalue weighted by molar-refractivity contribution is 0.0996. The summed E-state index contributed by atoms with van der Waals surface area (Å²) in [5.74, 6) is 0.159. The highest BCUT2D eigenvalue weighted by atomic mass is 16.3. The molecule has 1 aromatic heterocycles. The summed E-state index contributed by atoms with van der Waals surface area (Å²) < 4.78 is 5.16. The third-order valence-corrected chi connectivity index (χ3v) is 2.71. The zero-order chi connectivity index (χ0) is 12.4. The van der Waals surface area contributed by atoms with Gasteiger partial charge in [0.25, 0.3) is 5.91 Å². The molecule has 1 amide bonds. The fourth-order valence-corrected chi connectivity index (χ4v) is 1.65. The van der Waals surface area contributed by atoms with Gasteiger partial charge in [-0.1, -0.05) is 12.1 Å². The smallest absolute Gasteiger partial charge is 0.291 e. The van der Waals surface area contributed by atoms with E-state index in [-0.39, 0.29) is 5.91 Å².